The van der Waals surface area contributed by atoms with Gasteiger partial charge in [-0.25, -0.2) is 0 Å². The topological polar surface area (TPSA) is 87.3 Å². The largest absolute Gasteiger partial charge is 0.355 e. The van der Waals surface area contributed by atoms with Crippen molar-refractivity contribution in [2.75, 3.05) is 19.6 Å². The van der Waals surface area contributed by atoms with Gasteiger partial charge in [-0.2, -0.15) is 0 Å². The Balaban J connectivity index is 1.65. The van der Waals surface area contributed by atoms with E-state index in [9.17, 15) is 14.4 Å². The molecular formula is C14H17N3O3. The first-order valence-electron chi connectivity index (χ1n) is 6.54. The minimum Gasteiger partial charge on any atom is -0.355 e. The van der Waals surface area contributed by atoms with E-state index in [0.717, 1.165) is 0 Å². The zero-order chi connectivity index (χ0) is 14.4. The normalized spacial score (nSPS) is 17.4. The molecule has 0 bridgehead atoms. The number of rotatable bonds is 5. The minimum atomic E-state index is -0.299. The molecule has 3 N–H and O–H groups in total. The highest BCUT2D eigenvalue weighted by Gasteiger charge is 2.27. The van der Waals surface area contributed by atoms with E-state index >= 15 is 0 Å². The monoisotopic (exact) mass is 275 g/mol. The van der Waals surface area contributed by atoms with E-state index in [-0.39, 0.29) is 30.1 Å². The molecular weight excluding hydrogens is 258 g/mol. The average molecular weight is 275 g/mol. The lowest BCUT2D eigenvalue weighted by atomic mass is 10.1. The standard InChI is InChI=1S/C14H17N3O3/c18-12-8-11(9-17-12)14(20)16-7-6-15-13(19)10-4-2-1-3-5-10/h1-5,11H,6-9H2,(H,15,19)(H,16,20)(H,17,18)/t11-/m1/s1. The first-order chi connectivity index (χ1) is 9.66. The number of nitrogens with one attached hydrogen (secondary N) is 3. The number of hydrogen-bond donors (Lipinski definition) is 3. The molecule has 0 unspecified atom stereocenters. The van der Waals surface area contributed by atoms with Crippen LogP contribution in [-0.2, 0) is 9.59 Å². The van der Waals surface area contributed by atoms with Crippen molar-refractivity contribution in [3.8, 4) is 0 Å². The van der Waals surface area contributed by atoms with Gasteiger partial charge in [-0.15, -0.1) is 0 Å². The zero-order valence-corrected chi connectivity index (χ0v) is 11.0. The molecule has 1 aromatic carbocycles. The van der Waals surface area contributed by atoms with Crippen LogP contribution in [0.3, 0.4) is 0 Å². The lowest BCUT2D eigenvalue weighted by molar-refractivity contribution is -0.126. The van der Waals surface area contributed by atoms with Crippen molar-refractivity contribution in [3.63, 3.8) is 0 Å². The van der Waals surface area contributed by atoms with Crippen molar-refractivity contribution in [3.05, 3.63) is 35.9 Å². The maximum Gasteiger partial charge on any atom is 0.251 e. The predicted octanol–water partition coefficient (Wildman–Crippen LogP) is -0.331. The van der Waals surface area contributed by atoms with Gasteiger partial charge in [0, 0.05) is 31.6 Å². The summed E-state index contributed by atoms with van der Waals surface area (Å²) in [6.07, 6.45) is 0.238. The molecule has 1 aromatic rings. The fraction of sp³-hybridized carbons (Fsp3) is 0.357. The summed E-state index contributed by atoms with van der Waals surface area (Å²) in [5.74, 6) is -0.718. The van der Waals surface area contributed by atoms with Gasteiger partial charge in [0.05, 0.1) is 5.92 Å². The fourth-order valence-corrected chi connectivity index (χ4v) is 1.99. The molecule has 0 aromatic heterocycles. The highest BCUT2D eigenvalue weighted by molar-refractivity contribution is 5.94. The Bertz CT molecular complexity index is 502. The first-order valence-corrected chi connectivity index (χ1v) is 6.54. The lowest BCUT2D eigenvalue weighted by Crippen LogP contribution is -2.38. The van der Waals surface area contributed by atoms with Crippen LogP contribution in [0.4, 0.5) is 0 Å². The lowest BCUT2D eigenvalue weighted by Gasteiger charge is -2.10. The van der Waals surface area contributed by atoms with Crippen LogP contribution >= 0.6 is 0 Å². The van der Waals surface area contributed by atoms with Crippen LogP contribution in [0.5, 0.6) is 0 Å². The van der Waals surface area contributed by atoms with Gasteiger partial charge in [0.1, 0.15) is 0 Å². The van der Waals surface area contributed by atoms with Gasteiger partial charge in [-0.3, -0.25) is 14.4 Å². The molecule has 1 heterocycles. The van der Waals surface area contributed by atoms with E-state index in [1.807, 2.05) is 6.07 Å². The summed E-state index contributed by atoms with van der Waals surface area (Å²) in [5, 5.41) is 8.03. The van der Waals surface area contributed by atoms with Gasteiger partial charge in [0.15, 0.2) is 0 Å². The molecule has 6 nitrogen and oxygen atoms in total. The maximum absolute atomic E-state index is 11.7. The highest BCUT2D eigenvalue weighted by atomic mass is 16.2. The van der Waals surface area contributed by atoms with E-state index in [4.69, 9.17) is 0 Å². The van der Waals surface area contributed by atoms with Crippen molar-refractivity contribution < 1.29 is 14.4 Å². The number of benzene rings is 1. The Morgan fingerprint density at radius 2 is 1.85 bits per heavy atom. The molecule has 3 amide bonds. The summed E-state index contributed by atoms with van der Waals surface area (Å²) in [7, 11) is 0. The third kappa shape index (κ3) is 3.81. The van der Waals surface area contributed by atoms with Crippen molar-refractivity contribution >= 4 is 17.7 Å². The Morgan fingerprint density at radius 1 is 1.15 bits per heavy atom. The third-order valence-corrected chi connectivity index (χ3v) is 3.09. The van der Waals surface area contributed by atoms with E-state index in [2.05, 4.69) is 16.0 Å². The molecule has 0 radical (unpaired) electrons. The Morgan fingerprint density at radius 3 is 2.50 bits per heavy atom. The van der Waals surface area contributed by atoms with E-state index < -0.39 is 0 Å². The molecule has 6 heteroatoms. The second-order valence-corrected chi connectivity index (χ2v) is 4.62. The quantitative estimate of drug-likeness (QED) is 0.643. The van der Waals surface area contributed by atoms with Crippen LogP contribution in [0.15, 0.2) is 30.3 Å². The van der Waals surface area contributed by atoms with Crippen molar-refractivity contribution in [2.45, 2.75) is 6.42 Å². The second-order valence-electron chi connectivity index (χ2n) is 4.62. The SMILES string of the molecule is O=C1C[C@@H](C(=O)NCCNC(=O)c2ccccc2)CN1. The molecule has 1 fully saturated rings. The van der Waals surface area contributed by atoms with E-state index in [1.54, 1.807) is 24.3 Å². The molecule has 2 rings (SSSR count). The average Bonchev–Trinajstić information content (AvgIpc) is 2.91. The molecule has 1 atom stereocenters. The Hall–Kier alpha value is -2.37. The zero-order valence-electron chi connectivity index (χ0n) is 11.0. The number of hydrogen-bond acceptors (Lipinski definition) is 3. The predicted molar refractivity (Wildman–Crippen MR) is 72.9 cm³/mol. The van der Waals surface area contributed by atoms with Gasteiger partial charge in [0.2, 0.25) is 11.8 Å². The summed E-state index contributed by atoms with van der Waals surface area (Å²) in [4.78, 5) is 34.4. The summed E-state index contributed by atoms with van der Waals surface area (Å²) in [6, 6.07) is 8.88. The van der Waals surface area contributed by atoms with Gasteiger partial charge < -0.3 is 16.0 Å². The Labute approximate surface area is 116 Å². The van der Waals surface area contributed by atoms with E-state index in [0.29, 0.717) is 25.2 Å². The summed E-state index contributed by atoms with van der Waals surface area (Å²) in [5.41, 5.74) is 0.587. The van der Waals surface area contributed by atoms with Gasteiger partial charge in [0.25, 0.3) is 5.91 Å². The van der Waals surface area contributed by atoms with Gasteiger partial charge in [-0.1, -0.05) is 18.2 Å². The van der Waals surface area contributed by atoms with Crippen LogP contribution < -0.4 is 16.0 Å². The molecule has 0 spiro atoms. The molecule has 20 heavy (non-hydrogen) atoms. The molecule has 1 aliphatic heterocycles. The van der Waals surface area contributed by atoms with E-state index in [1.165, 1.54) is 0 Å². The van der Waals surface area contributed by atoms with Gasteiger partial charge in [-0.05, 0) is 12.1 Å². The van der Waals surface area contributed by atoms with Gasteiger partial charge >= 0.3 is 0 Å². The maximum atomic E-state index is 11.7. The number of carbonyl (C=O) groups is 3. The van der Waals surface area contributed by atoms with Crippen molar-refractivity contribution in [1.29, 1.82) is 0 Å². The molecule has 0 saturated carbocycles. The molecule has 0 aliphatic carbocycles. The molecule has 106 valence electrons. The fourth-order valence-electron chi connectivity index (χ4n) is 1.99. The number of amides is 3. The third-order valence-electron chi connectivity index (χ3n) is 3.09. The number of carbonyl (C=O) groups excluding carboxylic acids is 3. The minimum absolute atomic E-state index is 0.0949. The van der Waals surface area contributed by atoms with Crippen molar-refractivity contribution in [1.82, 2.24) is 16.0 Å². The second kappa shape index (κ2) is 6.70. The summed E-state index contributed by atoms with van der Waals surface area (Å²) < 4.78 is 0. The van der Waals surface area contributed by atoms with Crippen LogP contribution in [0.2, 0.25) is 0 Å². The summed E-state index contributed by atoms with van der Waals surface area (Å²) >= 11 is 0. The highest BCUT2D eigenvalue weighted by Crippen LogP contribution is 2.08. The Kier molecular flexibility index (Phi) is 4.70. The molecule has 1 aliphatic rings. The van der Waals surface area contributed by atoms with Crippen molar-refractivity contribution in [2.24, 2.45) is 5.92 Å². The van der Waals surface area contributed by atoms with Crippen LogP contribution in [0.1, 0.15) is 16.8 Å². The van der Waals surface area contributed by atoms with Crippen LogP contribution in [-0.4, -0.2) is 37.4 Å². The van der Waals surface area contributed by atoms with Crippen LogP contribution in [0, 0.1) is 5.92 Å². The first kappa shape index (κ1) is 14.0. The molecule has 1 saturated heterocycles. The van der Waals surface area contributed by atoms with Crippen LogP contribution in [0.25, 0.3) is 0 Å². The smallest absolute Gasteiger partial charge is 0.251 e. The summed E-state index contributed by atoms with van der Waals surface area (Å²) in [6.45, 7) is 1.09.